The Morgan fingerprint density at radius 1 is 1.29 bits per heavy atom. The zero-order chi connectivity index (χ0) is 16.9. The second-order valence-corrected chi connectivity index (χ2v) is 5.54. The molecule has 3 rings (SSSR count). The Hall–Kier alpha value is -2.54. The second kappa shape index (κ2) is 7.35. The molecule has 0 aliphatic carbocycles. The van der Waals surface area contributed by atoms with E-state index in [1.807, 2.05) is 36.1 Å². The Bertz CT molecular complexity index is 736. The Morgan fingerprint density at radius 2 is 2.00 bits per heavy atom. The van der Waals surface area contributed by atoms with Gasteiger partial charge in [0.05, 0.1) is 25.4 Å². The standard InChI is InChI=1S/C17H21N3O4/c1-2-24-13-5-3-12(4-6-13)11-14-15(21)18-17(19-16(14)22)20-7-9-23-10-8-20/h3-6H,2,7-11H2,1H3,(H2,18,19,21,22). The summed E-state index contributed by atoms with van der Waals surface area (Å²) in [6.45, 7) is 4.97. The van der Waals surface area contributed by atoms with E-state index in [9.17, 15) is 9.90 Å². The zero-order valence-electron chi connectivity index (χ0n) is 13.6. The predicted molar refractivity (Wildman–Crippen MR) is 90.0 cm³/mol. The minimum Gasteiger partial charge on any atom is -0.494 e. The van der Waals surface area contributed by atoms with Gasteiger partial charge < -0.3 is 19.5 Å². The number of anilines is 1. The summed E-state index contributed by atoms with van der Waals surface area (Å²) in [7, 11) is 0. The maximum Gasteiger partial charge on any atom is 0.259 e. The molecule has 2 N–H and O–H groups in total. The van der Waals surface area contributed by atoms with Gasteiger partial charge in [-0.15, -0.1) is 0 Å². The average Bonchev–Trinajstić information content (AvgIpc) is 2.60. The minimum atomic E-state index is -0.321. The largest absolute Gasteiger partial charge is 0.494 e. The first kappa shape index (κ1) is 16.3. The molecule has 0 radical (unpaired) electrons. The van der Waals surface area contributed by atoms with Crippen molar-refractivity contribution in [2.75, 3.05) is 37.8 Å². The normalized spacial score (nSPS) is 14.6. The first-order valence-corrected chi connectivity index (χ1v) is 8.04. The molecule has 0 bridgehead atoms. The number of nitrogens with one attached hydrogen (secondary N) is 1. The lowest BCUT2D eigenvalue weighted by Crippen LogP contribution is -2.38. The van der Waals surface area contributed by atoms with Gasteiger partial charge in [0.25, 0.3) is 5.56 Å². The number of aromatic nitrogens is 2. The molecule has 7 nitrogen and oxygen atoms in total. The average molecular weight is 331 g/mol. The molecular weight excluding hydrogens is 310 g/mol. The molecular formula is C17H21N3O4. The van der Waals surface area contributed by atoms with E-state index >= 15 is 0 Å². The summed E-state index contributed by atoms with van der Waals surface area (Å²) in [5.41, 5.74) is 0.842. The van der Waals surface area contributed by atoms with Gasteiger partial charge in [0.15, 0.2) is 0 Å². The summed E-state index contributed by atoms with van der Waals surface area (Å²) in [4.78, 5) is 21.1. The number of aromatic hydroxyl groups is 1. The molecule has 128 valence electrons. The Kier molecular flexibility index (Phi) is 5.00. The van der Waals surface area contributed by atoms with Crippen molar-refractivity contribution in [3.05, 3.63) is 45.7 Å². The van der Waals surface area contributed by atoms with Crippen LogP contribution in [0.5, 0.6) is 11.6 Å². The third-order valence-electron chi connectivity index (χ3n) is 3.91. The monoisotopic (exact) mass is 331 g/mol. The van der Waals surface area contributed by atoms with Gasteiger partial charge in [0.2, 0.25) is 11.8 Å². The van der Waals surface area contributed by atoms with Crippen LogP contribution in [0.1, 0.15) is 18.1 Å². The summed E-state index contributed by atoms with van der Waals surface area (Å²) in [6, 6.07) is 7.44. The van der Waals surface area contributed by atoms with Crippen LogP contribution in [0, 0.1) is 0 Å². The number of benzene rings is 1. The van der Waals surface area contributed by atoms with E-state index in [0.29, 0.717) is 45.3 Å². The molecule has 1 aromatic carbocycles. The first-order chi connectivity index (χ1) is 11.7. The molecule has 1 saturated heterocycles. The Labute approximate surface area is 139 Å². The topological polar surface area (TPSA) is 87.7 Å². The van der Waals surface area contributed by atoms with Crippen LogP contribution >= 0.6 is 0 Å². The lowest BCUT2D eigenvalue weighted by atomic mass is 10.1. The second-order valence-electron chi connectivity index (χ2n) is 5.54. The van der Waals surface area contributed by atoms with Crippen molar-refractivity contribution < 1.29 is 14.6 Å². The highest BCUT2D eigenvalue weighted by Gasteiger charge is 2.17. The summed E-state index contributed by atoms with van der Waals surface area (Å²) >= 11 is 0. The zero-order valence-corrected chi connectivity index (χ0v) is 13.6. The van der Waals surface area contributed by atoms with E-state index < -0.39 is 0 Å². The van der Waals surface area contributed by atoms with Gasteiger partial charge in [0, 0.05) is 19.5 Å². The molecule has 24 heavy (non-hydrogen) atoms. The van der Waals surface area contributed by atoms with Crippen LogP contribution < -0.4 is 15.2 Å². The molecule has 0 saturated carbocycles. The summed E-state index contributed by atoms with van der Waals surface area (Å²) in [6.07, 6.45) is 0.309. The van der Waals surface area contributed by atoms with Gasteiger partial charge in [-0.05, 0) is 24.6 Å². The first-order valence-electron chi connectivity index (χ1n) is 8.04. The summed E-state index contributed by atoms with van der Waals surface area (Å²) < 4.78 is 10.7. The number of rotatable bonds is 5. The van der Waals surface area contributed by atoms with E-state index in [2.05, 4.69) is 9.97 Å². The van der Waals surface area contributed by atoms with E-state index in [4.69, 9.17) is 9.47 Å². The highest BCUT2D eigenvalue weighted by Crippen LogP contribution is 2.19. The molecule has 2 aromatic rings. The van der Waals surface area contributed by atoms with Crippen LogP contribution in [0.15, 0.2) is 29.1 Å². The smallest absolute Gasteiger partial charge is 0.259 e. The molecule has 1 aromatic heterocycles. The molecule has 0 unspecified atom stereocenters. The molecule has 1 aliphatic rings. The maximum atomic E-state index is 12.3. The SMILES string of the molecule is CCOc1ccc(Cc2c(O)nc(N3CCOCC3)[nH]c2=O)cc1. The van der Waals surface area contributed by atoms with Crippen molar-refractivity contribution in [3.63, 3.8) is 0 Å². The van der Waals surface area contributed by atoms with Crippen LogP contribution in [0.4, 0.5) is 5.95 Å². The molecule has 0 atom stereocenters. The fourth-order valence-electron chi connectivity index (χ4n) is 2.63. The van der Waals surface area contributed by atoms with Crippen molar-refractivity contribution in [2.45, 2.75) is 13.3 Å². The molecule has 7 heteroatoms. The van der Waals surface area contributed by atoms with Crippen molar-refractivity contribution in [1.82, 2.24) is 9.97 Å². The van der Waals surface area contributed by atoms with Crippen LogP contribution in [-0.4, -0.2) is 48.0 Å². The fourth-order valence-corrected chi connectivity index (χ4v) is 2.63. The molecule has 0 amide bonds. The van der Waals surface area contributed by atoms with Gasteiger partial charge in [-0.2, -0.15) is 4.98 Å². The van der Waals surface area contributed by atoms with Gasteiger partial charge in [-0.3, -0.25) is 9.78 Å². The number of nitrogens with zero attached hydrogens (tertiary/aromatic N) is 2. The summed E-state index contributed by atoms with van der Waals surface area (Å²) in [5.74, 6) is 0.936. The van der Waals surface area contributed by atoms with Crippen LogP contribution in [-0.2, 0) is 11.2 Å². The number of morpholine rings is 1. The molecule has 0 spiro atoms. The quantitative estimate of drug-likeness (QED) is 0.859. The van der Waals surface area contributed by atoms with Gasteiger partial charge in [-0.1, -0.05) is 12.1 Å². The minimum absolute atomic E-state index is 0.228. The number of hydrogen-bond donors (Lipinski definition) is 2. The fraction of sp³-hybridized carbons (Fsp3) is 0.412. The van der Waals surface area contributed by atoms with Crippen LogP contribution in [0.3, 0.4) is 0 Å². The van der Waals surface area contributed by atoms with Gasteiger partial charge in [-0.25, -0.2) is 0 Å². The van der Waals surface area contributed by atoms with E-state index in [1.54, 1.807) is 0 Å². The number of H-pyrrole nitrogens is 1. The maximum absolute atomic E-state index is 12.3. The summed E-state index contributed by atoms with van der Waals surface area (Å²) in [5, 5.41) is 10.2. The lowest BCUT2D eigenvalue weighted by molar-refractivity contribution is 0.122. The van der Waals surface area contributed by atoms with Crippen molar-refractivity contribution in [2.24, 2.45) is 0 Å². The Balaban J connectivity index is 1.79. The third kappa shape index (κ3) is 3.68. The number of aromatic amines is 1. The highest BCUT2D eigenvalue weighted by molar-refractivity contribution is 5.39. The van der Waals surface area contributed by atoms with Crippen molar-refractivity contribution in [3.8, 4) is 11.6 Å². The lowest BCUT2D eigenvalue weighted by Gasteiger charge is -2.27. The third-order valence-corrected chi connectivity index (χ3v) is 3.91. The molecule has 1 fully saturated rings. The van der Waals surface area contributed by atoms with Crippen LogP contribution in [0.25, 0.3) is 0 Å². The Morgan fingerprint density at radius 3 is 2.62 bits per heavy atom. The van der Waals surface area contributed by atoms with Crippen molar-refractivity contribution in [1.29, 1.82) is 0 Å². The van der Waals surface area contributed by atoms with E-state index in [0.717, 1.165) is 11.3 Å². The highest BCUT2D eigenvalue weighted by atomic mass is 16.5. The van der Waals surface area contributed by atoms with Gasteiger partial charge in [0.1, 0.15) is 5.75 Å². The van der Waals surface area contributed by atoms with Crippen molar-refractivity contribution >= 4 is 5.95 Å². The predicted octanol–water partition coefficient (Wildman–Crippen LogP) is 1.30. The molecule has 1 aliphatic heterocycles. The van der Waals surface area contributed by atoms with E-state index in [-0.39, 0.29) is 17.0 Å². The van der Waals surface area contributed by atoms with E-state index in [1.165, 1.54) is 0 Å². The number of ether oxygens (including phenoxy) is 2. The van der Waals surface area contributed by atoms with Crippen LogP contribution in [0.2, 0.25) is 0 Å². The van der Waals surface area contributed by atoms with Gasteiger partial charge >= 0.3 is 0 Å². The molecule has 2 heterocycles. The number of hydrogen-bond acceptors (Lipinski definition) is 6.